The Bertz CT molecular complexity index is 892. The van der Waals surface area contributed by atoms with Gasteiger partial charge in [0, 0.05) is 45.3 Å². The number of benzene rings is 1. The number of halogens is 1. The van der Waals surface area contributed by atoms with Crippen molar-refractivity contribution in [3.05, 3.63) is 65.7 Å². The van der Waals surface area contributed by atoms with E-state index < -0.39 is 6.04 Å². The van der Waals surface area contributed by atoms with Crippen molar-refractivity contribution < 1.29 is 14.0 Å². The van der Waals surface area contributed by atoms with E-state index in [0.717, 1.165) is 37.2 Å². The Morgan fingerprint density at radius 2 is 1.65 bits per heavy atom. The molecule has 2 aliphatic heterocycles. The van der Waals surface area contributed by atoms with Crippen LogP contribution in [0.25, 0.3) is 0 Å². The minimum absolute atomic E-state index is 0.0354. The van der Waals surface area contributed by atoms with Crippen molar-refractivity contribution in [1.29, 1.82) is 0 Å². The molecule has 0 spiro atoms. The van der Waals surface area contributed by atoms with Crippen LogP contribution in [-0.4, -0.2) is 64.8 Å². The fraction of sp³-hybridized carbons (Fsp3) is 0.458. The van der Waals surface area contributed by atoms with Crippen LogP contribution < -0.4 is 0 Å². The lowest BCUT2D eigenvalue weighted by Crippen LogP contribution is -2.48. The van der Waals surface area contributed by atoms with Crippen molar-refractivity contribution in [2.45, 2.75) is 31.7 Å². The van der Waals surface area contributed by atoms with Gasteiger partial charge in [0.25, 0.3) is 0 Å². The number of urea groups is 1. The van der Waals surface area contributed by atoms with E-state index in [2.05, 4.69) is 4.98 Å². The van der Waals surface area contributed by atoms with Crippen LogP contribution in [0.3, 0.4) is 0 Å². The number of carbonyl (C=O) groups excluding carboxylic acids is 2. The first kappa shape index (κ1) is 21.3. The predicted molar refractivity (Wildman–Crippen MR) is 116 cm³/mol. The predicted octanol–water partition coefficient (Wildman–Crippen LogP) is 3.70. The molecule has 0 bridgehead atoms. The van der Waals surface area contributed by atoms with Gasteiger partial charge in [0.2, 0.25) is 5.91 Å². The minimum atomic E-state index is -0.390. The van der Waals surface area contributed by atoms with Crippen LogP contribution in [0.4, 0.5) is 9.18 Å². The summed E-state index contributed by atoms with van der Waals surface area (Å²) in [6, 6.07) is 11.5. The summed E-state index contributed by atoms with van der Waals surface area (Å²) < 4.78 is 13.5. The summed E-state index contributed by atoms with van der Waals surface area (Å²) in [6.07, 6.45) is 5.16. The summed E-state index contributed by atoms with van der Waals surface area (Å²) in [7, 11) is 1.78. The van der Waals surface area contributed by atoms with Gasteiger partial charge in [-0.2, -0.15) is 0 Å². The fourth-order valence-electron chi connectivity index (χ4n) is 4.62. The fourth-order valence-corrected chi connectivity index (χ4v) is 4.62. The highest BCUT2D eigenvalue weighted by Gasteiger charge is 2.34. The lowest BCUT2D eigenvalue weighted by Gasteiger charge is -2.37. The minimum Gasteiger partial charge on any atom is -0.333 e. The molecule has 1 atom stereocenters. The van der Waals surface area contributed by atoms with Crippen molar-refractivity contribution in [2.24, 2.45) is 5.92 Å². The number of rotatable bonds is 4. The van der Waals surface area contributed by atoms with Crippen LogP contribution in [0.1, 0.15) is 43.0 Å². The smallest absolute Gasteiger partial charge is 0.319 e. The van der Waals surface area contributed by atoms with Crippen molar-refractivity contribution in [3.8, 4) is 0 Å². The van der Waals surface area contributed by atoms with Crippen LogP contribution >= 0.6 is 0 Å². The Labute approximate surface area is 182 Å². The first-order valence-corrected chi connectivity index (χ1v) is 11.0. The van der Waals surface area contributed by atoms with E-state index in [9.17, 15) is 14.0 Å². The second-order valence-corrected chi connectivity index (χ2v) is 8.40. The van der Waals surface area contributed by atoms with Crippen LogP contribution in [0.15, 0.2) is 48.7 Å². The molecule has 0 N–H and O–H groups in total. The van der Waals surface area contributed by atoms with Crippen molar-refractivity contribution in [1.82, 2.24) is 19.7 Å². The van der Waals surface area contributed by atoms with E-state index >= 15 is 0 Å². The van der Waals surface area contributed by atoms with Gasteiger partial charge in [-0.1, -0.05) is 18.2 Å². The van der Waals surface area contributed by atoms with Gasteiger partial charge in [0.05, 0.1) is 11.7 Å². The lowest BCUT2D eigenvalue weighted by atomic mass is 9.93. The number of likely N-dealkylation sites (tertiary alicyclic amines) is 2. The molecule has 1 aromatic carbocycles. The van der Waals surface area contributed by atoms with Gasteiger partial charge >= 0.3 is 6.03 Å². The Hall–Kier alpha value is -2.96. The molecule has 1 unspecified atom stereocenters. The highest BCUT2D eigenvalue weighted by atomic mass is 19.1. The third kappa shape index (κ3) is 4.70. The standard InChI is InChI=1S/C24H29FN4O2/c1-27(22(21-6-2-3-13-26-21)18-7-9-20(25)10-8-18)23(30)19-11-16-29(17-12-19)24(31)28-14-4-5-15-28/h2-3,6-10,13,19,22H,4-5,11-12,14-17H2,1H3. The largest absolute Gasteiger partial charge is 0.333 e. The second-order valence-electron chi connectivity index (χ2n) is 8.40. The quantitative estimate of drug-likeness (QED) is 0.752. The second kappa shape index (κ2) is 9.45. The molecule has 0 saturated carbocycles. The van der Waals surface area contributed by atoms with E-state index in [1.54, 1.807) is 30.3 Å². The summed E-state index contributed by atoms with van der Waals surface area (Å²) in [5.74, 6) is -0.417. The highest BCUT2D eigenvalue weighted by Crippen LogP contribution is 2.30. The maximum atomic E-state index is 13.5. The highest BCUT2D eigenvalue weighted by molar-refractivity contribution is 5.80. The monoisotopic (exact) mass is 424 g/mol. The van der Waals surface area contributed by atoms with Gasteiger partial charge in [-0.25, -0.2) is 9.18 Å². The molecule has 1 aromatic heterocycles. The average Bonchev–Trinajstić information content (AvgIpc) is 3.35. The third-order valence-corrected chi connectivity index (χ3v) is 6.38. The molecule has 7 heteroatoms. The summed E-state index contributed by atoms with van der Waals surface area (Å²) in [5.41, 5.74) is 1.56. The number of nitrogens with zero attached hydrogens (tertiary/aromatic N) is 4. The topological polar surface area (TPSA) is 56.8 Å². The number of aromatic nitrogens is 1. The summed E-state index contributed by atoms with van der Waals surface area (Å²) in [6.45, 7) is 2.88. The molecular weight excluding hydrogens is 395 g/mol. The van der Waals surface area contributed by atoms with E-state index in [1.807, 2.05) is 28.0 Å². The third-order valence-electron chi connectivity index (χ3n) is 6.38. The molecule has 2 saturated heterocycles. The van der Waals surface area contributed by atoms with Gasteiger partial charge in [-0.3, -0.25) is 9.78 Å². The number of hydrogen-bond acceptors (Lipinski definition) is 3. The first-order valence-electron chi connectivity index (χ1n) is 11.0. The van der Waals surface area contributed by atoms with Gasteiger partial charge in [-0.15, -0.1) is 0 Å². The normalized spacial score (nSPS) is 18.1. The summed E-state index contributed by atoms with van der Waals surface area (Å²) in [5, 5.41) is 0. The molecule has 164 valence electrons. The van der Waals surface area contributed by atoms with Crippen molar-refractivity contribution in [2.75, 3.05) is 33.2 Å². The van der Waals surface area contributed by atoms with Crippen LogP contribution in [0.2, 0.25) is 0 Å². The first-order chi connectivity index (χ1) is 15.0. The number of carbonyl (C=O) groups is 2. The molecule has 6 nitrogen and oxygen atoms in total. The van der Waals surface area contributed by atoms with Crippen LogP contribution in [0, 0.1) is 11.7 Å². The van der Waals surface area contributed by atoms with Crippen molar-refractivity contribution >= 4 is 11.9 Å². The average molecular weight is 425 g/mol. The maximum Gasteiger partial charge on any atom is 0.319 e. The molecule has 2 aliphatic rings. The molecule has 0 aliphatic carbocycles. The maximum absolute atomic E-state index is 13.5. The van der Waals surface area contributed by atoms with Gasteiger partial charge in [0.1, 0.15) is 5.82 Å². The number of pyridine rings is 1. The molecular formula is C24H29FN4O2. The number of amides is 3. The molecule has 3 amide bonds. The molecule has 3 heterocycles. The van der Waals surface area contributed by atoms with Crippen molar-refractivity contribution in [3.63, 3.8) is 0 Å². The van der Waals surface area contributed by atoms with Crippen LogP contribution in [-0.2, 0) is 4.79 Å². The molecule has 2 fully saturated rings. The Kier molecular flexibility index (Phi) is 6.49. The zero-order valence-corrected chi connectivity index (χ0v) is 17.9. The molecule has 0 radical (unpaired) electrons. The molecule has 2 aromatic rings. The van der Waals surface area contributed by atoms with Gasteiger partial charge in [-0.05, 0) is 55.5 Å². The Balaban J connectivity index is 1.46. The SMILES string of the molecule is CN(C(=O)C1CCN(C(=O)N2CCCC2)CC1)C(c1ccc(F)cc1)c1ccccn1. The zero-order valence-electron chi connectivity index (χ0n) is 17.9. The molecule has 31 heavy (non-hydrogen) atoms. The van der Waals surface area contributed by atoms with E-state index in [1.165, 1.54) is 12.1 Å². The Morgan fingerprint density at radius 3 is 2.26 bits per heavy atom. The van der Waals surface area contributed by atoms with E-state index in [4.69, 9.17) is 0 Å². The Morgan fingerprint density at radius 1 is 1.00 bits per heavy atom. The zero-order chi connectivity index (χ0) is 21.8. The van der Waals surface area contributed by atoms with Crippen LogP contribution in [0.5, 0.6) is 0 Å². The van der Waals surface area contributed by atoms with E-state index in [-0.39, 0.29) is 23.7 Å². The number of hydrogen-bond donors (Lipinski definition) is 0. The summed E-state index contributed by atoms with van der Waals surface area (Å²) >= 11 is 0. The van der Waals surface area contributed by atoms with Gasteiger partial charge in [0.15, 0.2) is 0 Å². The lowest BCUT2D eigenvalue weighted by molar-refractivity contribution is -0.137. The van der Waals surface area contributed by atoms with E-state index in [0.29, 0.717) is 25.9 Å². The summed E-state index contributed by atoms with van der Waals surface area (Å²) in [4.78, 5) is 36.0. The molecule has 4 rings (SSSR count). The number of piperidine rings is 1. The van der Waals surface area contributed by atoms with Gasteiger partial charge < -0.3 is 14.7 Å².